The fourth-order valence-electron chi connectivity index (χ4n) is 1.05. The van der Waals surface area contributed by atoms with Crippen LogP contribution in [0.3, 0.4) is 0 Å². The van der Waals surface area contributed by atoms with Gasteiger partial charge in [-0.25, -0.2) is 9.13 Å². The SMILES string of the molecule is CC(C)OP(=O)(O)OP(=O)(O)Oc1ccccc1. The molecule has 0 radical (unpaired) electrons. The van der Waals surface area contributed by atoms with Crippen molar-refractivity contribution in [2.24, 2.45) is 0 Å². The monoisotopic (exact) mass is 296 g/mol. The molecule has 102 valence electrons. The predicted molar refractivity (Wildman–Crippen MR) is 64.0 cm³/mol. The van der Waals surface area contributed by atoms with Crippen LogP contribution in [0, 0.1) is 0 Å². The predicted octanol–water partition coefficient (Wildman–Crippen LogP) is 2.71. The van der Waals surface area contributed by atoms with E-state index < -0.39 is 21.7 Å². The molecule has 0 bridgehead atoms. The molecule has 1 rings (SSSR count). The quantitative estimate of drug-likeness (QED) is 0.778. The van der Waals surface area contributed by atoms with Crippen LogP contribution in [0.4, 0.5) is 0 Å². The lowest BCUT2D eigenvalue weighted by Gasteiger charge is -2.17. The summed E-state index contributed by atoms with van der Waals surface area (Å²) < 4.78 is 36.0. The van der Waals surface area contributed by atoms with Crippen LogP contribution in [0.5, 0.6) is 5.75 Å². The molecule has 0 fully saturated rings. The van der Waals surface area contributed by atoms with Gasteiger partial charge in [0.15, 0.2) is 0 Å². The topological polar surface area (TPSA) is 102 Å². The molecule has 1 aromatic rings. The molecule has 2 atom stereocenters. The van der Waals surface area contributed by atoms with E-state index in [4.69, 9.17) is 0 Å². The van der Waals surface area contributed by atoms with E-state index in [0.29, 0.717) is 0 Å². The Bertz CT molecular complexity index is 473. The maximum Gasteiger partial charge on any atom is 0.536 e. The van der Waals surface area contributed by atoms with Crippen LogP contribution in [0.25, 0.3) is 0 Å². The van der Waals surface area contributed by atoms with Crippen molar-refractivity contribution in [2.75, 3.05) is 0 Å². The zero-order valence-corrected chi connectivity index (χ0v) is 11.6. The van der Waals surface area contributed by atoms with Crippen molar-refractivity contribution in [2.45, 2.75) is 20.0 Å². The Hall–Kier alpha value is -0.680. The molecule has 2 N–H and O–H groups in total. The highest BCUT2D eigenvalue weighted by Crippen LogP contribution is 2.60. The molecule has 0 aliphatic rings. The molecule has 2 unspecified atom stereocenters. The first-order valence-corrected chi connectivity index (χ1v) is 7.99. The van der Waals surface area contributed by atoms with Crippen LogP contribution >= 0.6 is 15.6 Å². The Morgan fingerprint density at radius 3 is 2.11 bits per heavy atom. The molecular formula is C9H14O7P2. The summed E-state index contributed by atoms with van der Waals surface area (Å²) in [6, 6.07) is 7.61. The van der Waals surface area contributed by atoms with Gasteiger partial charge >= 0.3 is 15.6 Å². The Labute approximate surface area is 105 Å². The van der Waals surface area contributed by atoms with Crippen LogP contribution in [-0.4, -0.2) is 15.9 Å². The first-order valence-electron chi connectivity index (χ1n) is 5.00. The van der Waals surface area contributed by atoms with Crippen LogP contribution in [-0.2, 0) is 18.0 Å². The fourth-order valence-corrected chi connectivity index (χ4v) is 3.30. The average molecular weight is 296 g/mol. The van der Waals surface area contributed by atoms with E-state index in [9.17, 15) is 18.9 Å². The number of benzene rings is 1. The van der Waals surface area contributed by atoms with Crippen molar-refractivity contribution < 1.29 is 32.3 Å². The summed E-state index contributed by atoms with van der Waals surface area (Å²) in [6.45, 7) is 2.96. The molecule has 0 spiro atoms. The Morgan fingerprint density at radius 1 is 1.06 bits per heavy atom. The van der Waals surface area contributed by atoms with E-state index >= 15 is 0 Å². The minimum absolute atomic E-state index is 0.0351. The van der Waals surface area contributed by atoms with Crippen molar-refractivity contribution in [3.8, 4) is 5.75 Å². The maximum atomic E-state index is 11.5. The highest BCUT2D eigenvalue weighted by Gasteiger charge is 2.37. The third-order valence-corrected chi connectivity index (χ3v) is 4.29. The standard InChI is InChI=1S/C9H14O7P2/c1-8(2)14-17(10,11)16-18(12,13)15-9-6-4-3-5-7-9/h3-8H,1-2H3,(H,10,11)(H,12,13). The van der Waals surface area contributed by atoms with E-state index in [1.54, 1.807) is 18.2 Å². The summed E-state index contributed by atoms with van der Waals surface area (Å²) in [5, 5.41) is 0. The third-order valence-electron chi connectivity index (χ3n) is 1.51. The van der Waals surface area contributed by atoms with Gasteiger partial charge in [0.05, 0.1) is 6.10 Å². The number of phosphoric ester groups is 2. The minimum atomic E-state index is -4.73. The molecule has 0 aliphatic carbocycles. The van der Waals surface area contributed by atoms with E-state index in [-0.39, 0.29) is 5.75 Å². The van der Waals surface area contributed by atoms with Gasteiger partial charge in [0.2, 0.25) is 0 Å². The normalized spacial score (nSPS) is 18.1. The highest BCUT2D eigenvalue weighted by molar-refractivity contribution is 7.61. The van der Waals surface area contributed by atoms with Crippen LogP contribution in [0.2, 0.25) is 0 Å². The van der Waals surface area contributed by atoms with E-state index in [1.807, 2.05) is 0 Å². The van der Waals surface area contributed by atoms with Crippen LogP contribution in [0.15, 0.2) is 30.3 Å². The molecule has 0 aromatic heterocycles. The lowest BCUT2D eigenvalue weighted by atomic mass is 10.3. The average Bonchev–Trinajstić information content (AvgIpc) is 2.13. The lowest BCUT2D eigenvalue weighted by Crippen LogP contribution is -2.03. The number of phosphoric acid groups is 2. The van der Waals surface area contributed by atoms with Crippen molar-refractivity contribution in [3.63, 3.8) is 0 Å². The second kappa shape index (κ2) is 5.97. The van der Waals surface area contributed by atoms with Crippen molar-refractivity contribution in [1.82, 2.24) is 0 Å². The first-order chi connectivity index (χ1) is 8.20. The molecule has 0 aliphatic heterocycles. The Kier molecular flexibility index (Phi) is 5.10. The van der Waals surface area contributed by atoms with Gasteiger partial charge in [0.1, 0.15) is 5.75 Å². The molecule has 0 saturated carbocycles. The van der Waals surface area contributed by atoms with E-state index in [0.717, 1.165) is 0 Å². The molecule has 0 heterocycles. The summed E-state index contributed by atoms with van der Waals surface area (Å²) in [5.41, 5.74) is 0. The Balaban J connectivity index is 2.71. The van der Waals surface area contributed by atoms with Gasteiger partial charge in [0.25, 0.3) is 0 Å². The fraction of sp³-hybridized carbons (Fsp3) is 0.333. The summed E-state index contributed by atoms with van der Waals surface area (Å²) in [7, 11) is -9.38. The zero-order valence-electron chi connectivity index (χ0n) is 9.79. The van der Waals surface area contributed by atoms with Gasteiger partial charge in [-0.15, -0.1) is 0 Å². The smallest absolute Gasteiger partial charge is 0.404 e. The molecule has 0 saturated heterocycles. The number of hydrogen-bond donors (Lipinski definition) is 2. The molecule has 7 nitrogen and oxygen atoms in total. The summed E-state index contributed by atoms with van der Waals surface area (Å²) >= 11 is 0. The first kappa shape index (κ1) is 15.4. The molecule has 9 heteroatoms. The molecule has 0 amide bonds. The zero-order chi connectivity index (χ0) is 13.8. The van der Waals surface area contributed by atoms with Crippen molar-refractivity contribution in [3.05, 3.63) is 30.3 Å². The lowest BCUT2D eigenvalue weighted by molar-refractivity contribution is 0.148. The van der Waals surface area contributed by atoms with Gasteiger partial charge in [-0.05, 0) is 26.0 Å². The van der Waals surface area contributed by atoms with Crippen molar-refractivity contribution in [1.29, 1.82) is 0 Å². The number of para-hydroxylation sites is 1. The molecule has 18 heavy (non-hydrogen) atoms. The second-order valence-corrected chi connectivity index (χ2v) is 6.50. The highest BCUT2D eigenvalue weighted by atomic mass is 31.3. The summed E-state index contributed by atoms with van der Waals surface area (Å²) in [6.07, 6.45) is -0.641. The third kappa shape index (κ3) is 5.78. The Morgan fingerprint density at radius 2 is 1.61 bits per heavy atom. The minimum Gasteiger partial charge on any atom is -0.404 e. The van der Waals surface area contributed by atoms with Gasteiger partial charge in [-0.1, -0.05) is 18.2 Å². The maximum absolute atomic E-state index is 11.5. The summed E-state index contributed by atoms with van der Waals surface area (Å²) in [5.74, 6) is 0.0351. The van der Waals surface area contributed by atoms with E-state index in [1.165, 1.54) is 26.0 Å². The van der Waals surface area contributed by atoms with Crippen LogP contribution in [0.1, 0.15) is 13.8 Å². The second-order valence-electron chi connectivity index (χ2n) is 3.58. The van der Waals surface area contributed by atoms with Crippen LogP contribution < -0.4 is 4.52 Å². The van der Waals surface area contributed by atoms with Crippen molar-refractivity contribution >= 4 is 15.6 Å². The van der Waals surface area contributed by atoms with Gasteiger partial charge in [-0.3, -0.25) is 9.42 Å². The molecular weight excluding hydrogens is 282 g/mol. The van der Waals surface area contributed by atoms with E-state index in [2.05, 4.69) is 13.4 Å². The van der Waals surface area contributed by atoms with Gasteiger partial charge < -0.3 is 9.42 Å². The van der Waals surface area contributed by atoms with Gasteiger partial charge in [0, 0.05) is 0 Å². The number of rotatable bonds is 6. The van der Waals surface area contributed by atoms with Gasteiger partial charge in [-0.2, -0.15) is 4.31 Å². The largest absolute Gasteiger partial charge is 0.536 e. The summed E-state index contributed by atoms with van der Waals surface area (Å²) in [4.78, 5) is 18.5. The number of hydrogen-bond acceptors (Lipinski definition) is 5. The molecule has 1 aromatic carbocycles.